The molecule has 3 unspecified atom stereocenters. The molecule has 0 aromatic rings. The summed E-state index contributed by atoms with van der Waals surface area (Å²) in [5.41, 5.74) is 0. The fourth-order valence-electron chi connectivity index (χ4n) is 2.88. The molecule has 0 spiro atoms. The summed E-state index contributed by atoms with van der Waals surface area (Å²) in [6, 6.07) is 0.246. The van der Waals surface area contributed by atoms with Crippen molar-refractivity contribution in [2.45, 2.75) is 63.6 Å². The Hall–Kier alpha value is -0.170. The summed E-state index contributed by atoms with van der Waals surface area (Å²) >= 11 is 0. The van der Waals surface area contributed by atoms with Crippen LogP contribution in [0.25, 0.3) is 0 Å². The summed E-state index contributed by atoms with van der Waals surface area (Å²) < 4.78 is 32.4. The first-order valence-corrected chi connectivity index (χ1v) is 9.07. The Morgan fingerprint density at radius 2 is 2.16 bits per heavy atom. The van der Waals surface area contributed by atoms with E-state index in [1.807, 2.05) is 6.92 Å². The minimum atomic E-state index is -3.19. The molecular weight excluding hydrogens is 264 g/mol. The summed E-state index contributed by atoms with van der Waals surface area (Å²) in [7, 11) is -3.19. The second kappa shape index (κ2) is 7.02. The van der Waals surface area contributed by atoms with Gasteiger partial charge in [-0.3, -0.25) is 0 Å². The summed E-state index contributed by atoms with van der Waals surface area (Å²) in [6.07, 6.45) is 6.23. The number of nitrogens with one attached hydrogen (secondary N) is 2. The number of hydrogen-bond acceptors (Lipinski definition) is 4. The normalized spacial score (nSPS) is 30.4. The van der Waals surface area contributed by atoms with E-state index >= 15 is 0 Å². The minimum absolute atomic E-state index is 0.0441. The van der Waals surface area contributed by atoms with Gasteiger partial charge < -0.3 is 10.1 Å². The number of ether oxygens (including phenoxy) is 1. The molecule has 112 valence electrons. The lowest BCUT2D eigenvalue weighted by Gasteiger charge is -2.24. The highest BCUT2D eigenvalue weighted by Crippen LogP contribution is 2.16. The molecule has 2 fully saturated rings. The third kappa shape index (κ3) is 5.02. The molecular formula is C13H26N2O3S. The summed E-state index contributed by atoms with van der Waals surface area (Å²) in [6.45, 7) is 3.67. The van der Waals surface area contributed by atoms with E-state index < -0.39 is 10.0 Å². The Morgan fingerprint density at radius 3 is 2.79 bits per heavy atom. The Kier molecular flexibility index (Phi) is 5.62. The maximum absolute atomic E-state index is 12.0. The van der Waals surface area contributed by atoms with E-state index in [9.17, 15) is 8.42 Å². The van der Waals surface area contributed by atoms with Crippen LogP contribution in [-0.4, -0.2) is 45.5 Å². The fraction of sp³-hybridized carbons (Fsp3) is 1.00. The predicted molar refractivity (Wildman–Crippen MR) is 75.6 cm³/mol. The zero-order valence-electron chi connectivity index (χ0n) is 11.7. The zero-order chi connectivity index (χ0) is 13.7. The largest absolute Gasteiger partial charge is 0.377 e. The van der Waals surface area contributed by atoms with E-state index in [2.05, 4.69) is 10.0 Å². The topological polar surface area (TPSA) is 67.4 Å². The summed E-state index contributed by atoms with van der Waals surface area (Å²) in [5.74, 6) is 0.210. The van der Waals surface area contributed by atoms with Crippen molar-refractivity contribution in [3.63, 3.8) is 0 Å². The molecule has 2 aliphatic rings. The van der Waals surface area contributed by atoms with Crippen LogP contribution in [0.2, 0.25) is 0 Å². The number of rotatable bonds is 6. The minimum Gasteiger partial charge on any atom is -0.377 e. The van der Waals surface area contributed by atoms with Gasteiger partial charge in [-0.25, -0.2) is 13.1 Å². The predicted octanol–water partition coefficient (Wildman–Crippen LogP) is 1.01. The maximum atomic E-state index is 12.0. The molecule has 0 bridgehead atoms. The molecule has 0 amide bonds. The number of sulfonamides is 1. The average Bonchev–Trinajstić information content (AvgIpc) is 2.91. The molecule has 2 N–H and O–H groups in total. The number of piperidine rings is 1. The van der Waals surface area contributed by atoms with Crippen molar-refractivity contribution in [3.8, 4) is 0 Å². The van der Waals surface area contributed by atoms with Crippen LogP contribution in [-0.2, 0) is 14.8 Å². The van der Waals surface area contributed by atoms with Gasteiger partial charge in [-0.15, -0.1) is 0 Å². The Bertz CT molecular complexity index is 360. The third-order valence-corrected chi connectivity index (χ3v) is 5.54. The van der Waals surface area contributed by atoms with Crippen molar-refractivity contribution in [2.75, 3.05) is 18.9 Å². The lowest BCUT2D eigenvalue weighted by Crippen LogP contribution is -2.43. The van der Waals surface area contributed by atoms with Gasteiger partial charge in [-0.05, 0) is 45.6 Å². The molecule has 2 rings (SSSR count). The molecule has 0 radical (unpaired) electrons. The molecule has 0 saturated carbocycles. The van der Waals surface area contributed by atoms with Crippen LogP contribution in [0.15, 0.2) is 0 Å². The lowest BCUT2D eigenvalue weighted by molar-refractivity contribution is 0.0902. The van der Waals surface area contributed by atoms with Gasteiger partial charge in [0, 0.05) is 18.7 Å². The monoisotopic (exact) mass is 290 g/mol. The lowest BCUT2D eigenvalue weighted by atomic mass is 10.0. The highest BCUT2D eigenvalue weighted by Gasteiger charge is 2.26. The molecule has 6 heteroatoms. The van der Waals surface area contributed by atoms with Crippen molar-refractivity contribution in [3.05, 3.63) is 0 Å². The Labute approximate surface area is 116 Å². The van der Waals surface area contributed by atoms with E-state index in [4.69, 9.17) is 4.74 Å². The molecule has 2 heterocycles. The molecule has 3 atom stereocenters. The van der Waals surface area contributed by atoms with Crippen LogP contribution < -0.4 is 10.0 Å². The van der Waals surface area contributed by atoms with Crippen molar-refractivity contribution in [1.29, 1.82) is 0 Å². The first-order valence-electron chi connectivity index (χ1n) is 7.42. The maximum Gasteiger partial charge on any atom is 0.211 e. The first-order chi connectivity index (χ1) is 9.07. The van der Waals surface area contributed by atoms with Crippen LogP contribution in [0.3, 0.4) is 0 Å². The van der Waals surface area contributed by atoms with Crippen LogP contribution in [0.1, 0.15) is 45.4 Å². The van der Waals surface area contributed by atoms with Gasteiger partial charge >= 0.3 is 0 Å². The zero-order valence-corrected chi connectivity index (χ0v) is 12.5. The Morgan fingerprint density at radius 1 is 1.32 bits per heavy atom. The van der Waals surface area contributed by atoms with E-state index in [1.165, 1.54) is 12.8 Å². The Balaban J connectivity index is 1.74. The standard InChI is InChI=1S/C13H26N2O3S/c1-11(13-6-4-9-18-13)15-19(16,17)10-7-12-5-2-3-8-14-12/h11-15H,2-10H2,1H3. The van der Waals surface area contributed by atoms with E-state index in [1.54, 1.807) is 0 Å². The van der Waals surface area contributed by atoms with Gasteiger partial charge in [0.15, 0.2) is 0 Å². The van der Waals surface area contributed by atoms with Gasteiger partial charge in [0.05, 0.1) is 11.9 Å². The molecule has 2 aliphatic heterocycles. The first kappa shape index (κ1) is 15.2. The molecule has 0 aromatic carbocycles. The summed E-state index contributed by atoms with van der Waals surface area (Å²) in [4.78, 5) is 0. The molecule has 0 aliphatic carbocycles. The third-order valence-electron chi connectivity index (χ3n) is 4.04. The van der Waals surface area contributed by atoms with Crippen LogP contribution >= 0.6 is 0 Å². The second-order valence-corrected chi connectivity index (χ2v) is 7.59. The van der Waals surface area contributed by atoms with Gasteiger partial charge in [-0.2, -0.15) is 0 Å². The SMILES string of the molecule is CC(NS(=O)(=O)CCC1CCCCN1)C1CCCO1. The van der Waals surface area contributed by atoms with Crippen molar-refractivity contribution in [1.82, 2.24) is 10.0 Å². The molecule has 19 heavy (non-hydrogen) atoms. The van der Waals surface area contributed by atoms with Crippen LogP contribution in [0, 0.1) is 0 Å². The fourth-order valence-corrected chi connectivity index (χ4v) is 4.31. The van der Waals surface area contributed by atoms with Crippen LogP contribution in [0.5, 0.6) is 0 Å². The molecule has 0 aromatic heterocycles. The van der Waals surface area contributed by atoms with E-state index in [0.717, 1.165) is 32.4 Å². The second-order valence-electron chi connectivity index (χ2n) is 5.71. The molecule has 2 saturated heterocycles. The van der Waals surface area contributed by atoms with Crippen LogP contribution in [0.4, 0.5) is 0 Å². The van der Waals surface area contributed by atoms with Gasteiger partial charge in [0.1, 0.15) is 0 Å². The summed E-state index contributed by atoms with van der Waals surface area (Å²) in [5, 5.41) is 3.38. The van der Waals surface area contributed by atoms with Gasteiger partial charge in [0.25, 0.3) is 0 Å². The van der Waals surface area contributed by atoms with Gasteiger partial charge in [0.2, 0.25) is 10.0 Å². The van der Waals surface area contributed by atoms with E-state index in [-0.39, 0.29) is 17.9 Å². The van der Waals surface area contributed by atoms with Gasteiger partial charge in [-0.1, -0.05) is 6.42 Å². The van der Waals surface area contributed by atoms with Crippen molar-refractivity contribution >= 4 is 10.0 Å². The van der Waals surface area contributed by atoms with E-state index in [0.29, 0.717) is 12.5 Å². The average molecular weight is 290 g/mol. The van der Waals surface area contributed by atoms with Crippen molar-refractivity contribution < 1.29 is 13.2 Å². The number of hydrogen-bond donors (Lipinski definition) is 2. The highest BCUT2D eigenvalue weighted by molar-refractivity contribution is 7.89. The molecule has 5 nitrogen and oxygen atoms in total. The smallest absolute Gasteiger partial charge is 0.211 e. The quantitative estimate of drug-likeness (QED) is 0.766. The highest BCUT2D eigenvalue weighted by atomic mass is 32.2. The van der Waals surface area contributed by atoms with Crippen molar-refractivity contribution in [2.24, 2.45) is 0 Å².